The van der Waals surface area contributed by atoms with E-state index < -0.39 is 139 Å². The predicted octanol–water partition coefficient (Wildman–Crippen LogP) is -5.89. The molecule has 37 heteroatoms. The molecule has 0 saturated carbocycles. The molecule has 0 spiro atoms. The Kier molecular flexibility index (Phi) is 50.0. The summed E-state index contributed by atoms with van der Waals surface area (Å²) in [4.78, 5) is 118. The van der Waals surface area contributed by atoms with Gasteiger partial charge in [-0.2, -0.15) is 11.8 Å². The van der Waals surface area contributed by atoms with Crippen molar-refractivity contribution in [2.24, 2.45) is 96.4 Å². The Morgan fingerprint density at radius 2 is 1.07 bits per heavy atom. The van der Waals surface area contributed by atoms with Crippen LogP contribution in [-0.4, -0.2) is 213 Å². The van der Waals surface area contributed by atoms with Gasteiger partial charge in [0.2, 0.25) is 0 Å². The summed E-state index contributed by atoms with van der Waals surface area (Å²) in [5.74, 6) is -7.37. The molecular formula is C53H100N16O20S. The maximum Gasteiger partial charge on any atom is 0.333 e. The van der Waals surface area contributed by atoms with Gasteiger partial charge in [0.25, 0.3) is 0 Å². The molecule has 0 radical (unpaired) electrons. The second kappa shape index (κ2) is 50.5. The molecule has 518 valence electrons. The third kappa shape index (κ3) is 45.9. The van der Waals surface area contributed by atoms with Gasteiger partial charge in [0, 0.05) is 13.1 Å². The number of nitrogens with one attached hydrogen (secondary N) is 1. The summed E-state index contributed by atoms with van der Waals surface area (Å²) in [6.45, 7) is 11.1. The lowest BCUT2D eigenvalue weighted by molar-refractivity contribution is -0.164. The number of benzene rings is 1. The Hall–Kier alpha value is -7.27. The minimum atomic E-state index is -1.23. The number of rotatable bonds is 31. The molecule has 1 saturated heterocycles. The van der Waals surface area contributed by atoms with E-state index in [4.69, 9.17) is 119 Å². The lowest BCUT2D eigenvalue weighted by Crippen LogP contribution is -2.46. The highest BCUT2D eigenvalue weighted by Crippen LogP contribution is 2.16. The van der Waals surface area contributed by atoms with Gasteiger partial charge in [0.05, 0.1) is 12.7 Å². The number of aliphatic carboxylic acids is 4. The first-order valence-corrected chi connectivity index (χ1v) is 29.4. The van der Waals surface area contributed by atoms with Crippen LogP contribution in [0.2, 0.25) is 0 Å². The number of nitrogens with two attached hydrogens (primary N) is 13. The lowest BCUT2D eigenvalue weighted by atomic mass is 10.0. The van der Waals surface area contributed by atoms with Gasteiger partial charge in [0.15, 0.2) is 11.9 Å². The Bertz CT molecular complexity index is 2360. The van der Waals surface area contributed by atoms with E-state index in [9.17, 15) is 47.9 Å². The van der Waals surface area contributed by atoms with E-state index in [1.54, 1.807) is 49.9 Å². The monoisotopic (exact) mass is 1310 g/mol. The number of carboxylic acids is 4. The third-order valence-electron chi connectivity index (χ3n) is 11.6. The molecule has 2 rings (SSSR count). The highest BCUT2D eigenvalue weighted by atomic mass is 32.2. The highest BCUT2D eigenvalue weighted by Gasteiger charge is 2.30. The summed E-state index contributed by atoms with van der Waals surface area (Å²) in [6.07, 6.45) is 4.49. The van der Waals surface area contributed by atoms with E-state index in [0.29, 0.717) is 63.8 Å². The van der Waals surface area contributed by atoms with Crippen LogP contribution >= 0.6 is 11.8 Å². The van der Waals surface area contributed by atoms with Crippen LogP contribution in [0.1, 0.15) is 98.5 Å². The van der Waals surface area contributed by atoms with Gasteiger partial charge in [-0.15, -0.1) is 0 Å². The SMILES string of the molecule is CC(C)C[C@H](N)C(=O)OC(=O)[C@@H](N)[C@@H](C)O.CC(C)[C@H](N)C(=O)O[C@H](C)[C@H](N)C(=O)O.CSCC[C@H](N)C(=O)O.NC(N)=NCCC[C@H](N)C(=O)O.NC(N)=NCCC[C@H](N)C(=O)Oc1ccc(C[C@H](N)C(=O)OC(=O)[C@@H]2CCCN2)cc1.N[C@@H](CO)C(=O)O. The third-order valence-corrected chi connectivity index (χ3v) is 12.2. The van der Waals surface area contributed by atoms with Crippen LogP contribution in [0.25, 0.3) is 0 Å². The minimum Gasteiger partial charge on any atom is -0.480 e. The first kappa shape index (κ1) is 89.2. The number of carbonyl (C=O) groups is 10. The van der Waals surface area contributed by atoms with Crippen molar-refractivity contribution in [1.29, 1.82) is 0 Å². The molecular weight excluding hydrogens is 1210 g/mol. The summed E-state index contributed by atoms with van der Waals surface area (Å²) in [6, 6.07) is -2.44. The van der Waals surface area contributed by atoms with Crippen LogP contribution in [0, 0.1) is 11.8 Å². The van der Waals surface area contributed by atoms with Gasteiger partial charge in [-0.1, -0.05) is 39.8 Å². The summed E-state index contributed by atoms with van der Waals surface area (Å²) in [7, 11) is 0. The molecule has 33 N–H and O–H groups in total. The molecule has 1 heterocycles. The van der Waals surface area contributed by atoms with Crippen molar-refractivity contribution >= 4 is 83.4 Å². The fourth-order valence-electron chi connectivity index (χ4n) is 5.93. The summed E-state index contributed by atoms with van der Waals surface area (Å²) >= 11 is 1.60. The Morgan fingerprint density at radius 1 is 0.589 bits per heavy atom. The van der Waals surface area contributed by atoms with Crippen molar-refractivity contribution in [1.82, 2.24) is 5.32 Å². The molecule has 0 bridgehead atoms. The molecule has 36 nitrogen and oxygen atoms in total. The molecule has 12 atom stereocenters. The molecule has 0 aliphatic carbocycles. The number of carboxylic acid groups (broad SMARTS) is 4. The predicted molar refractivity (Wildman–Crippen MR) is 333 cm³/mol. The van der Waals surface area contributed by atoms with Gasteiger partial charge < -0.3 is 129 Å². The quantitative estimate of drug-likeness (QED) is 0.00626. The van der Waals surface area contributed by atoms with Crippen molar-refractivity contribution in [3.05, 3.63) is 29.8 Å². The van der Waals surface area contributed by atoms with E-state index in [2.05, 4.69) is 20.0 Å². The molecule has 90 heavy (non-hydrogen) atoms. The molecule has 1 aromatic carbocycles. The second-order valence-electron chi connectivity index (χ2n) is 20.6. The van der Waals surface area contributed by atoms with Crippen LogP contribution < -0.4 is 84.6 Å². The number of carbonyl (C=O) groups excluding carboxylic acids is 6. The van der Waals surface area contributed by atoms with E-state index in [1.807, 2.05) is 20.1 Å². The number of hydrogen-bond donors (Lipinski definition) is 20. The number of guanidine groups is 2. The lowest BCUT2D eigenvalue weighted by Gasteiger charge is -2.20. The normalized spacial score (nSPS) is 15.8. The van der Waals surface area contributed by atoms with Crippen molar-refractivity contribution in [2.45, 2.75) is 172 Å². The topological polar surface area (TPSA) is 704 Å². The largest absolute Gasteiger partial charge is 0.480 e. The van der Waals surface area contributed by atoms with Crippen LogP contribution in [-0.2, 0) is 68.6 Å². The van der Waals surface area contributed by atoms with Crippen LogP contribution in [0.3, 0.4) is 0 Å². The zero-order chi connectivity index (χ0) is 70.6. The van der Waals surface area contributed by atoms with Crippen molar-refractivity contribution in [2.75, 3.05) is 38.2 Å². The minimum absolute atomic E-state index is 0.0124. The van der Waals surface area contributed by atoms with Gasteiger partial charge in [-0.3, -0.25) is 34.0 Å². The van der Waals surface area contributed by atoms with E-state index in [0.717, 1.165) is 24.3 Å². The summed E-state index contributed by atoms with van der Waals surface area (Å²) in [5, 5.41) is 53.1. The fraction of sp³-hybridized carbons (Fsp3) is 0.660. The molecule has 0 unspecified atom stereocenters. The Morgan fingerprint density at radius 3 is 1.46 bits per heavy atom. The zero-order valence-electron chi connectivity index (χ0n) is 52.0. The molecule has 1 aromatic rings. The number of aliphatic imine (C=N–C) groups is 2. The number of esters is 6. The Balaban J connectivity index is -0.000000535. The number of aliphatic hydroxyl groups is 2. The second-order valence-corrected chi connectivity index (χ2v) is 21.6. The Labute approximate surface area is 526 Å². The molecule has 1 fully saturated rings. The number of thioether (sulfide) groups is 1. The average molecular weight is 1310 g/mol. The van der Waals surface area contributed by atoms with Crippen LogP contribution in [0.4, 0.5) is 0 Å². The molecule has 0 amide bonds. The number of ether oxygens (including phenoxy) is 4. The van der Waals surface area contributed by atoms with Crippen molar-refractivity contribution in [3.8, 4) is 5.75 Å². The van der Waals surface area contributed by atoms with Crippen molar-refractivity contribution in [3.63, 3.8) is 0 Å². The summed E-state index contributed by atoms with van der Waals surface area (Å²) < 4.78 is 19.4. The first-order valence-electron chi connectivity index (χ1n) is 28.0. The van der Waals surface area contributed by atoms with E-state index in [1.165, 1.54) is 13.8 Å². The molecule has 0 aromatic heterocycles. The molecule has 1 aliphatic rings. The summed E-state index contributed by atoms with van der Waals surface area (Å²) in [5.41, 5.74) is 69.7. The van der Waals surface area contributed by atoms with E-state index in [-0.39, 0.29) is 30.2 Å². The smallest absolute Gasteiger partial charge is 0.333 e. The maximum atomic E-state index is 12.1. The van der Waals surface area contributed by atoms with Crippen molar-refractivity contribution < 1.29 is 97.5 Å². The first-order chi connectivity index (χ1) is 41.7. The van der Waals surface area contributed by atoms with Gasteiger partial charge in [-0.25, -0.2) is 24.0 Å². The number of hydrogen-bond acceptors (Lipinski definition) is 29. The van der Waals surface area contributed by atoms with Gasteiger partial charge in [-0.05, 0) is 120 Å². The highest BCUT2D eigenvalue weighted by molar-refractivity contribution is 7.98. The van der Waals surface area contributed by atoms with Gasteiger partial charge in [0.1, 0.15) is 72.3 Å². The van der Waals surface area contributed by atoms with Crippen LogP contribution in [0.15, 0.2) is 34.3 Å². The zero-order valence-corrected chi connectivity index (χ0v) is 52.8. The average Bonchev–Trinajstić information content (AvgIpc) is 3.08. The molecule has 1 aliphatic heterocycles. The van der Waals surface area contributed by atoms with Crippen LogP contribution in [0.5, 0.6) is 5.75 Å². The number of nitrogens with zero attached hydrogens (tertiary/aromatic N) is 2. The maximum absolute atomic E-state index is 12.1. The number of aliphatic hydroxyl groups excluding tert-OH is 2. The van der Waals surface area contributed by atoms with E-state index >= 15 is 0 Å². The standard InChI is InChI=1S/C20H30N6O5.C10H20N2O4.C9H18N2O4.C6H14N4O2.C5H11NO2S.C3H7NO3/c21-14(3-1-10-26-20(23)24)17(27)30-13-7-5-12(6-8-13)11-15(22)18(28)31-19(29)16-4-2-9-25-16;1-5(2)4-7(11)9(14)16-10(15)8(12)6(3)13;1-4(2)6(10)9(14)15-5(3)7(11)8(12)13;7-4(5(11)12)2-1-3-10-6(8)9;1-9-3-2-4(6)5(7)8;4-2(1-5)3(6)7/h5-8,14-16,25H,1-4,9-11,21-22H2,(H4,23,24,26);5-8,13H,4,11-12H2,1-3H3;4-7H,10-11H2,1-3H3,(H,12,13);4H,1-3,7H2,(H,11,12)(H4,8,9,10);4H,2-3,6H2,1H3,(H,7,8);2,5H,1,4H2,(H,6,7)/t14-,15-,16-;6-,7+,8+;5-,6+,7+;2*4-;2-/m011000/s1. The van der Waals surface area contributed by atoms with Gasteiger partial charge >= 0.3 is 59.7 Å². The fourth-order valence-corrected chi connectivity index (χ4v) is 6.42.